The predicted molar refractivity (Wildman–Crippen MR) is 249 cm³/mol. The minimum Gasteiger partial charge on any atom is -0.309 e. The molecule has 5 heteroatoms. The van der Waals surface area contributed by atoms with E-state index in [9.17, 15) is 0 Å². The van der Waals surface area contributed by atoms with Gasteiger partial charge in [-0.25, -0.2) is 4.98 Å². The van der Waals surface area contributed by atoms with Gasteiger partial charge in [0.1, 0.15) is 0 Å². The first kappa shape index (κ1) is 35.5. The zero-order valence-electron chi connectivity index (χ0n) is 33.7. The molecule has 0 aliphatic carbocycles. The van der Waals surface area contributed by atoms with Crippen molar-refractivity contribution >= 4 is 43.6 Å². The quantitative estimate of drug-likeness (QED) is 0.169. The molecule has 0 bridgehead atoms. The summed E-state index contributed by atoms with van der Waals surface area (Å²) in [7, 11) is 0. The first-order valence-electron chi connectivity index (χ1n) is 20.5. The highest BCUT2D eigenvalue weighted by atomic mass is 15.2. The second kappa shape index (κ2) is 14.0. The number of fused-ring (bicyclic) bond motifs is 6. The van der Waals surface area contributed by atoms with Gasteiger partial charge in [-0.15, -0.1) is 0 Å². The lowest BCUT2D eigenvalue weighted by Gasteiger charge is -2.19. The Morgan fingerprint density at radius 3 is 1.18 bits per heavy atom. The van der Waals surface area contributed by atoms with Gasteiger partial charge in [-0.2, -0.15) is 9.97 Å². The summed E-state index contributed by atoms with van der Waals surface area (Å²) in [5.74, 6) is 1.84. The average molecular weight is 772 g/mol. The van der Waals surface area contributed by atoms with Gasteiger partial charge < -0.3 is 4.57 Å². The fraction of sp³-hybridized carbons (Fsp3) is 0.0727. The van der Waals surface area contributed by atoms with Crippen LogP contribution in [0.1, 0.15) is 26.3 Å². The summed E-state index contributed by atoms with van der Waals surface area (Å²) >= 11 is 0. The molecule has 0 unspecified atom stereocenters. The van der Waals surface area contributed by atoms with Crippen molar-refractivity contribution in [1.29, 1.82) is 0 Å². The highest BCUT2D eigenvalue weighted by Gasteiger charge is 2.21. The number of hydrogen-bond donors (Lipinski definition) is 0. The number of hydrogen-bond acceptors (Lipinski definition) is 3. The third kappa shape index (κ3) is 6.06. The van der Waals surface area contributed by atoms with Crippen LogP contribution in [-0.4, -0.2) is 24.1 Å². The zero-order chi connectivity index (χ0) is 40.4. The van der Waals surface area contributed by atoms with Crippen LogP contribution < -0.4 is 0 Å². The van der Waals surface area contributed by atoms with Crippen molar-refractivity contribution in [3.05, 3.63) is 200 Å². The molecule has 286 valence electrons. The first-order chi connectivity index (χ1) is 29.4. The van der Waals surface area contributed by atoms with E-state index in [1.54, 1.807) is 0 Å². The van der Waals surface area contributed by atoms with Gasteiger partial charge in [0.15, 0.2) is 11.6 Å². The minimum absolute atomic E-state index is 0.0209. The minimum atomic E-state index is 0.0209. The molecule has 0 aliphatic heterocycles. The van der Waals surface area contributed by atoms with Crippen LogP contribution in [0.2, 0.25) is 0 Å². The normalized spacial score (nSPS) is 11.9. The average Bonchev–Trinajstić information content (AvgIpc) is 3.81. The Kier molecular flexibility index (Phi) is 8.31. The molecule has 11 rings (SSSR count). The van der Waals surface area contributed by atoms with Crippen LogP contribution in [0, 0.1) is 0 Å². The summed E-state index contributed by atoms with van der Waals surface area (Å²) in [4.78, 5) is 15.4. The second-order valence-corrected chi connectivity index (χ2v) is 16.6. The van der Waals surface area contributed by atoms with Crippen LogP contribution in [0.15, 0.2) is 194 Å². The van der Waals surface area contributed by atoms with Gasteiger partial charge in [-0.3, -0.25) is 4.57 Å². The van der Waals surface area contributed by atoms with Crippen molar-refractivity contribution in [2.75, 3.05) is 0 Å². The molecule has 0 atom stereocenters. The smallest absolute Gasteiger partial charge is 0.238 e. The van der Waals surface area contributed by atoms with Crippen molar-refractivity contribution in [2.24, 2.45) is 0 Å². The van der Waals surface area contributed by atoms with Crippen molar-refractivity contribution in [1.82, 2.24) is 24.1 Å². The molecule has 0 aliphatic rings. The Labute approximate surface area is 348 Å². The van der Waals surface area contributed by atoms with E-state index < -0.39 is 0 Å². The summed E-state index contributed by atoms with van der Waals surface area (Å²) in [6.07, 6.45) is 0. The fourth-order valence-electron chi connectivity index (χ4n) is 8.65. The molecule has 5 nitrogen and oxygen atoms in total. The number of aromatic nitrogens is 5. The lowest BCUT2D eigenvalue weighted by molar-refractivity contribution is 0.591. The predicted octanol–water partition coefficient (Wildman–Crippen LogP) is 14.0. The summed E-state index contributed by atoms with van der Waals surface area (Å²) in [6.45, 7) is 6.85. The molecule has 0 amide bonds. The molecule has 0 N–H and O–H groups in total. The van der Waals surface area contributed by atoms with E-state index in [4.69, 9.17) is 15.0 Å². The van der Waals surface area contributed by atoms with Gasteiger partial charge in [0.05, 0.1) is 22.1 Å². The van der Waals surface area contributed by atoms with Crippen LogP contribution in [0.3, 0.4) is 0 Å². The number of benzene rings is 8. The topological polar surface area (TPSA) is 48.5 Å². The lowest BCUT2D eigenvalue weighted by Crippen LogP contribution is -2.10. The second-order valence-electron chi connectivity index (χ2n) is 16.6. The van der Waals surface area contributed by atoms with Crippen LogP contribution in [0.25, 0.3) is 100 Å². The van der Waals surface area contributed by atoms with E-state index in [0.29, 0.717) is 17.6 Å². The Bertz CT molecular complexity index is 3320. The molecular formula is C55H41N5. The molecule has 0 radical (unpaired) electrons. The number of nitrogens with zero attached hydrogens (tertiary/aromatic N) is 5. The number of para-hydroxylation sites is 1. The SMILES string of the molecule is CC(C)(C)c1ccc2c(c1)c1cc(-c3ccc4c(c3)c3cc(-c5ccccc5)ccc3n4-c3nc(-c4ccccc4)nc(-c4ccccc4)n3)ccc1n2-c1ccccc1. The third-order valence-electron chi connectivity index (χ3n) is 11.7. The van der Waals surface area contributed by atoms with Crippen molar-refractivity contribution < 1.29 is 0 Å². The highest BCUT2D eigenvalue weighted by Crippen LogP contribution is 2.40. The van der Waals surface area contributed by atoms with E-state index in [0.717, 1.165) is 55.3 Å². The standard InChI is InChI=1S/C55H41N5/c1-55(2,3)42-27-31-49-47(35-42)46-34-40(25-28-48(46)59(49)43-22-14-7-15-23-43)41-26-30-51-45(33-41)44-32-39(36-16-8-4-9-17-36)24-29-50(44)60(51)54-57-52(37-18-10-5-11-19-37)56-53(58-54)38-20-12-6-13-21-38/h4-35H,1-3H3. The molecule has 0 saturated carbocycles. The summed E-state index contributed by atoms with van der Waals surface area (Å²) in [6, 6.07) is 69.1. The van der Waals surface area contributed by atoms with Crippen LogP contribution >= 0.6 is 0 Å². The Hall–Kier alpha value is -7.63. The van der Waals surface area contributed by atoms with E-state index in [1.807, 2.05) is 36.4 Å². The Morgan fingerprint density at radius 1 is 0.333 bits per heavy atom. The Morgan fingerprint density at radius 2 is 0.717 bits per heavy atom. The molecule has 0 spiro atoms. The summed E-state index contributed by atoms with van der Waals surface area (Å²) < 4.78 is 4.60. The fourth-order valence-corrected chi connectivity index (χ4v) is 8.65. The number of rotatable bonds is 6. The van der Waals surface area contributed by atoms with E-state index in [1.165, 1.54) is 32.9 Å². The molecule has 3 aromatic heterocycles. The van der Waals surface area contributed by atoms with Crippen LogP contribution in [0.4, 0.5) is 0 Å². The molecule has 0 fully saturated rings. The molecule has 60 heavy (non-hydrogen) atoms. The highest BCUT2D eigenvalue weighted by molar-refractivity contribution is 6.13. The van der Waals surface area contributed by atoms with Gasteiger partial charge in [0, 0.05) is 38.4 Å². The van der Waals surface area contributed by atoms with Crippen molar-refractivity contribution in [3.63, 3.8) is 0 Å². The maximum absolute atomic E-state index is 5.19. The maximum Gasteiger partial charge on any atom is 0.238 e. The summed E-state index contributed by atoms with van der Waals surface area (Å²) in [5, 5.41) is 4.75. The van der Waals surface area contributed by atoms with Gasteiger partial charge in [-0.1, -0.05) is 154 Å². The molecule has 0 saturated heterocycles. The monoisotopic (exact) mass is 771 g/mol. The maximum atomic E-state index is 5.19. The zero-order valence-corrected chi connectivity index (χ0v) is 33.7. The third-order valence-corrected chi connectivity index (χ3v) is 11.7. The van der Waals surface area contributed by atoms with Crippen molar-refractivity contribution in [3.8, 4) is 56.7 Å². The van der Waals surface area contributed by atoms with Gasteiger partial charge in [0.25, 0.3) is 0 Å². The van der Waals surface area contributed by atoms with Crippen LogP contribution in [0.5, 0.6) is 0 Å². The van der Waals surface area contributed by atoms with Gasteiger partial charge in [0.2, 0.25) is 5.95 Å². The Balaban J connectivity index is 1.15. The largest absolute Gasteiger partial charge is 0.309 e. The summed E-state index contributed by atoms with van der Waals surface area (Å²) in [5.41, 5.74) is 13.5. The molecule has 3 heterocycles. The van der Waals surface area contributed by atoms with E-state index in [-0.39, 0.29) is 5.41 Å². The molecular weight excluding hydrogens is 731 g/mol. The van der Waals surface area contributed by atoms with E-state index in [2.05, 4.69) is 188 Å². The van der Waals surface area contributed by atoms with Crippen molar-refractivity contribution in [2.45, 2.75) is 26.2 Å². The molecule has 11 aromatic rings. The van der Waals surface area contributed by atoms with Gasteiger partial charge in [-0.05, 0) is 93.9 Å². The lowest BCUT2D eigenvalue weighted by atomic mass is 9.86. The van der Waals surface area contributed by atoms with Gasteiger partial charge >= 0.3 is 0 Å². The van der Waals surface area contributed by atoms with Crippen LogP contribution in [-0.2, 0) is 5.41 Å². The van der Waals surface area contributed by atoms with E-state index >= 15 is 0 Å². The molecule has 8 aromatic carbocycles. The first-order valence-corrected chi connectivity index (χ1v) is 20.5.